The molecule has 0 spiro atoms. The molecule has 0 bridgehead atoms. The van der Waals surface area contributed by atoms with Crippen LogP contribution in [0.4, 0.5) is 39.3 Å². The van der Waals surface area contributed by atoms with Gasteiger partial charge in [-0.2, -0.15) is 4.98 Å². The molecule has 4 aliphatic heterocycles. The standard InChI is InChI=1S/C35H45ClN8O5S/c1-35(2,3)49-34(45)43-19-17-41(18-20-43)24-11-14-42(15-12-24)29-9-8-28(31-25(29)13-21-48-31)39-33-37-22-26(36)32(40-33)38-27-7-5-6-23-10-16-44(30(23)27)50(4,46)47/h5-9,22,24H,10-21H2,1-4H3,(H2,37,38,39,40). The topological polar surface area (TPSA) is 132 Å². The molecule has 0 aliphatic carbocycles. The summed E-state index contributed by atoms with van der Waals surface area (Å²) >= 11 is 6.53. The molecule has 0 unspecified atom stereocenters. The summed E-state index contributed by atoms with van der Waals surface area (Å²) in [5.74, 6) is 1.50. The molecule has 1 aromatic heterocycles. The van der Waals surface area contributed by atoms with Crippen LogP contribution in [0.25, 0.3) is 0 Å². The normalized spacial score (nSPS) is 18.5. The second kappa shape index (κ2) is 13.6. The fourth-order valence-electron chi connectivity index (χ4n) is 7.36. The van der Waals surface area contributed by atoms with Gasteiger partial charge in [0.15, 0.2) is 5.82 Å². The summed E-state index contributed by atoms with van der Waals surface area (Å²) in [5, 5.41) is 6.89. The summed E-state index contributed by atoms with van der Waals surface area (Å²) in [6.45, 7) is 11.7. The highest BCUT2D eigenvalue weighted by molar-refractivity contribution is 7.92. The van der Waals surface area contributed by atoms with Gasteiger partial charge in [0.25, 0.3) is 0 Å². The van der Waals surface area contributed by atoms with E-state index in [9.17, 15) is 13.2 Å². The minimum absolute atomic E-state index is 0.223. The Labute approximate surface area is 298 Å². The predicted octanol–water partition coefficient (Wildman–Crippen LogP) is 5.40. The van der Waals surface area contributed by atoms with Crippen molar-refractivity contribution in [2.24, 2.45) is 0 Å². The van der Waals surface area contributed by atoms with Gasteiger partial charge in [-0.1, -0.05) is 23.7 Å². The van der Waals surface area contributed by atoms with Crippen LogP contribution in [0, 0.1) is 0 Å². The lowest BCUT2D eigenvalue weighted by Crippen LogP contribution is -2.55. The Morgan fingerprint density at radius 1 is 0.980 bits per heavy atom. The first-order chi connectivity index (χ1) is 23.8. The van der Waals surface area contributed by atoms with Crippen LogP contribution in [0.1, 0.15) is 44.7 Å². The lowest BCUT2D eigenvalue weighted by atomic mass is 9.99. The average molecular weight is 725 g/mol. The number of sulfonamides is 1. The van der Waals surface area contributed by atoms with Gasteiger partial charge in [0.05, 0.1) is 36.1 Å². The zero-order valence-electron chi connectivity index (χ0n) is 29.0. The van der Waals surface area contributed by atoms with Crippen molar-refractivity contribution in [2.75, 3.05) is 78.5 Å². The van der Waals surface area contributed by atoms with Crippen molar-refractivity contribution in [3.05, 3.63) is 52.7 Å². The third kappa shape index (κ3) is 7.24. The number of hydrogen-bond donors (Lipinski definition) is 2. The van der Waals surface area contributed by atoms with E-state index in [-0.39, 0.29) is 6.09 Å². The van der Waals surface area contributed by atoms with Crippen LogP contribution < -0.4 is 24.6 Å². The maximum Gasteiger partial charge on any atom is 0.410 e. The Morgan fingerprint density at radius 2 is 1.74 bits per heavy atom. The summed E-state index contributed by atoms with van der Waals surface area (Å²) < 4.78 is 38.1. The van der Waals surface area contributed by atoms with E-state index in [4.69, 9.17) is 21.1 Å². The van der Waals surface area contributed by atoms with Crippen molar-refractivity contribution >= 4 is 62.2 Å². The molecule has 5 heterocycles. The van der Waals surface area contributed by atoms with Gasteiger partial charge in [0.1, 0.15) is 16.4 Å². The Kier molecular flexibility index (Phi) is 9.37. The van der Waals surface area contributed by atoms with Crippen molar-refractivity contribution in [1.82, 2.24) is 19.8 Å². The molecule has 2 aromatic carbocycles. The van der Waals surface area contributed by atoms with Gasteiger partial charge >= 0.3 is 6.09 Å². The van der Waals surface area contributed by atoms with E-state index in [2.05, 4.69) is 36.5 Å². The number of halogens is 1. The van der Waals surface area contributed by atoms with Crippen molar-refractivity contribution in [1.29, 1.82) is 0 Å². The highest BCUT2D eigenvalue weighted by Gasteiger charge is 2.33. The third-order valence-electron chi connectivity index (χ3n) is 9.72. The van der Waals surface area contributed by atoms with Crippen LogP contribution in [0.3, 0.4) is 0 Å². The molecule has 3 aromatic rings. The number of fused-ring (bicyclic) bond motifs is 2. The number of nitrogens with zero attached hydrogens (tertiary/aromatic N) is 6. The van der Waals surface area contributed by atoms with Crippen LogP contribution in [-0.2, 0) is 27.6 Å². The molecule has 2 fully saturated rings. The van der Waals surface area contributed by atoms with Gasteiger partial charge in [0.2, 0.25) is 16.0 Å². The van der Waals surface area contributed by atoms with Crippen molar-refractivity contribution in [2.45, 2.75) is 58.1 Å². The van der Waals surface area contributed by atoms with Crippen LogP contribution >= 0.6 is 11.6 Å². The fourth-order valence-corrected chi connectivity index (χ4v) is 8.47. The van der Waals surface area contributed by atoms with Crippen molar-refractivity contribution < 1.29 is 22.7 Å². The molecule has 4 aliphatic rings. The Hall–Kier alpha value is -4.01. The fraction of sp³-hybridized carbons (Fsp3) is 0.514. The average Bonchev–Trinajstić information content (AvgIpc) is 3.75. The van der Waals surface area contributed by atoms with E-state index < -0.39 is 15.6 Å². The predicted molar refractivity (Wildman–Crippen MR) is 196 cm³/mol. The molecule has 0 radical (unpaired) electrons. The van der Waals surface area contributed by atoms with Crippen LogP contribution in [0.2, 0.25) is 5.02 Å². The van der Waals surface area contributed by atoms with Gasteiger partial charge in [-0.05, 0) is 63.8 Å². The molecular weight excluding hydrogens is 680 g/mol. The lowest BCUT2D eigenvalue weighted by molar-refractivity contribution is 0.00901. The van der Waals surface area contributed by atoms with Gasteiger partial charge in [0, 0.05) is 69.5 Å². The molecule has 13 nitrogen and oxygen atoms in total. The molecule has 1 amide bonds. The summed E-state index contributed by atoms with van der Waals surface area (Å²) in [7, 11) is -3.44. The van der Waals surface area contributed by atoms with E-state index in [0.29, 0.717) is 66.9 Å². The van der Waals surface area contributed by atoms with E-state index >= 15 is 0 Å². The van der Waals surface area contributed by atoms with Gasteiger partial charge in [-0.25, -0.2) is 18.2 Å². The Morgan fingerprint density at radius 3 is 2.46 bits per heavy atom. The second-order valence-electron chi connectivity index (χ2n) is 14.3. The SMILES string of the molecule is CC(C)(C)OC(=O)N1CCN(C2CCN(c3ccc(Nc4ncc(Cl)c(Nc5cccc6c5N(S(C)(=O)=O)CC6)n4)c4c3CCO4)CC2)CC1. The molecule has 268 valence electrons. The van der Waals surface area contributed by atoms with Gasteiger partial charge in [-0.3, -0.25) is 9.21 Å². The quantitative estimate of drug-likeness (QED) is 0.325. The number of hydrogen-bond acceptors (Lipinski definition) is 11. The second-order valence-corrected chi connectivity index (χ2v) is 16.6. The number of piperidine rings is 1. The number of para-hydroxylation sites is 1. The first-order valence-electron chi connectivity index (χ1n) is 17.3. The number of nitrogens with one attached hydrogen (secondary N) is 2. The zero-order chi connectivity index (χ0) is 35.2. The molecular formula is C35H45ClN8O5S. The molecule has 2 saturated heterocycles. The molecule has 7 rings (SSSR count). The van der Waals surface area contributed by atoms with Crippen LogP contribution in [0.15, 0.2) is 36.5 Å². The summed E-state index contributed by atoms with van der Waals surface area (Å²) in [6, 6.07) is 10.3. The number of anilines is 6. The lowest BCUT2D eigenvalue weighted by Gasteiger charge is -2.43. The number of aromatic nitrogens is 2. The number of benzene rings is 2. The summed E-state index contributed by atoms with van der Waals surface area (Å²) in [5.41, 5.74) is 4.83. The van der Waals surface area contributed by atoms with Crippen LogP contribution in [0.5, 0.6) is 5.75 Å². The molecule has 0 saturated carbocycles. The van der Waals surface area contributed by atoms with Crippen molar-refractivity contribution in [3.8, 4) is 5.75 Å². The minimum Gasteiger partial charge on any atom is -0.491 e. The number of rotatable bonds is 7. The van der Waals surface area contributed by atoms with E-state index in [1.165, 1.54) is 28.0 Å². The minimum atomic E-state index is -3.44. The monoisotopic (exact) mass is 724 g/mol. The highest BCUT2D eigenvalue weighted by atomic mass is 35.5. The first-order valence-corrected chi connectivity index (χ1v) is 19.5. The molecule has 15 heteroatoms. The number of carbonyl (C=O) groups is 1. The Bertz CT molecular complexity index is 1870. The number of piperazine rings is 1. The number of amides is 1. The number of carbonyl (C=O) groups excluding carboxylic acids is 1. The largest absolute Gasteiger partial charge is 0.491 e. The summed E-state index contributed by atoms with van der Waals surface area (Å²) in [6.07, 6.45) is 6.08. The number of ether oxygens (including phenoxy) is 2. The third-order valence-corrected chi connectivity index (χ3v) is 11.2. The molecule has 0 atom stereocenters. The first kappa shape index (κ1) is 34.4. The summed E-state index contributed by atoms with van der Waals surface area (Å²) in [4.78, 5) is 28.4. The Balaban J connectivity index is 1.01. The smallest absolute Gasteiger partial charge is 0.410 e. The van der Waals surface area contributed by atoms with Gasteiger partial charge < -0.3 is 29.9 Å². The van der Waals surface area contributed by atoms with E-state index in [1.54, 1.807) is 0 Å². The van der Waals surface area contributed by atoms with E-state index in [0.717, 1.165) is 62.4 Å². The van der Waals surface area contributed by atoms with Gasteiger partial charge in [-0.15, -0.1) is 0 Å². The molecule has 50 heavy (non-hydrogen) atoms. The van der Waals surface area contributed by atoms with Crippen LogP contribution in [-0.4, -0.2) is 105 Å². The highest BCUT2D eigenvalue weighted by Crippen LogP contribution is 2.43. The molecule has 2 N–H and O–H groups in total. The maximum absolute atomic E-state index is 12.5. The van der Waals surface area contributed by atoms with E-state index in [1.807, 2.05) is 49.9 Å². The zero-order valence-corrected chi connectivity index (χ0v) is 30.6. The van der Waals surface area contributed by atoms with Crippen molar-refractivity contribution in [3.63, 3.8) is 0 Å². The maximum atomic E-state index is 12.5.